The molecule has 0 aliphatic carbocycles. The molecular weight excluding hydrogens is 246 g/mol. The predicted octanol–water partition coefficient (Wildman–Crippen LogP) is 2.26. The molecule has 0 amide bonds. The summed E-state index contributed by atoms with van der Waals surface area (Å²) in [5.74, 6) is -0.758. The van der Waals surface area contributed by atoms with Gasteiger partial charge in [0.15, 0.2) is 0 Å². The van der Waals surface area contributed by atoms with Gasteiger partial charge in [-0.1, -0.05) is 12.1 Å². The van der Waals surface area contributed by atoms with E-state index < -0.39 is 5.97 Å². The number of para-hydroxylation sites is 1. The van der Waals surface area contributed by atoms with Gasteiger partial charge in [0.25, 0.3) is 0 Å². The van der Waals surface area contributed by atoms with Gasteiger partial charge in [0.05, 0.1) is 12.1 Å². The van der Waals surface area contributed by atoms with Crippen LogP contribution in [0, 0.1) is 0 Å². The Kier molecular flexibility index (Phi) is 2.46. The minimum atomic E-state index is -0.758. The molecule has 0 fully saturated rings. The lowest BCUT2D eigenvalue weighted by Gasteiger charge is -2.07. The lowest BCUT2D eigenvalue weighted by molar-refractivity contribution is -0.137. The third-order valence-electron chi connectivity index (χ3n) is 2.34. The number of halogens is 1. The zero-order valence-corrected chi connectivity index (χ0v) is 9.04. The predicted molar refractivity (Wildman–Crippen MR) is 57.5 cm³/mol. The van der Waals surface area contributed by atoms with Crippen LogP contribution in [-0.4, -0.2) is 17.1 Å². The van der Waals surface area contributed by atoms with Crippen LogP contribution in [-0.2, 0) is 11.2 Å². The van der Waals surface area contributed by atoms with E-state index in [4.69, 9.17) is 5.11 Å². The van der Waals surface area contributed by atoms with Crippen molar-refractivity contribution in [1.29, 1.82) is 0 Å². The topological polar surface area (TPSA) is 49.3 Å². The van der Waals surface area contributed by atoms with Crippen LogP contribution in [0.1, 0.15) is 12.0 Å². The quantitative estimate of drug-likeness (QED) is 0.853. The number of anilines is 1. The van der Waals surface area contributed by atoms with Gasteiger partial charge in [0.1, 0.15) is 0 Å². The number of aliphatic carboxylic acids is 1. The van der Waals surface area contributed by atoms with Crippen molar-refractivity contribution in [3.8, 4) is 0 Å². The highest BCUT2D eigenvalue weighted by Crippen LogP contribution is 2.33. The molecule has 0 saturated carbocycles. The van der Waals surface area contributed by atoms with Crippen molar-refractivity contribution in [1.82, 2.24) is 0 Å². The zero-order valence-electron chi connectivity index (χ0n) is 7.46. The summed E-state index contributed by atoms with van der Waals surface area (Å²) >= 11 is 3.43. The highest BCUT2D eigenvalue weighted by Gasteiger charge is 2.23. The van der Waals surface area contributed by atoms with E-state index in [0.29, 0.717) is 0 Å². The lowest BCUT2D eigenvalue weighted by Crippen LogP contribution is -2.19. The van der Waals surface area contributed by atoms with Crippen molar-refractivity contribution < 1.29 is 9.90 Å². The fourth-order valence-corrected chi connectivity index (χ4v) is 2.28. The minimum Gasteiger partial charge on any atom is -0.481 e. The van der Waals surface area contributed by atoms with Crippen molar-refractivity contribution in [2.45, 2.75) is 18.9 Å². The molecule has 0 radical (unpaired) electrons. The fraction of sp³-hybridized carbons (Fsp3) is 0.300. The molecule has 74 valence electrons. The molecule has 1 atom stereocenters. The van der Waals surface area contributed by atoms with E-state index in [1.54, 1.807) is 0 Å². The number of rotatable bonds is 2. The summed E-state index contributed by atoms with van der Waals surface area (Å²) in [4.78, 5) is 10.5. The molecule has 1 heterocycles. The molecule has 3 nitrogen and oxygen atoms in total. The molecule has 1 aromatic rings. The highest BCUT2D eigenvalue weighted by molar-refractivity contribution is 9.10. The summed E-state index contributed by atoms with van der Waals surface area (Å²) in [5, 5.41) is 11.9. The van der Waals surface area contributed by atoms with E-state index in [2.05, 4.69) is 21.2 Å². The van der Waals surface area contributed by atoms with Crippen LogP contribution >= 0.6 is 15.9 Å². The normalized spacial score (nSPS) is 18.8. The molecule has 1 aromatic carbocycles. The van der Waals surface area contributed by atoms with E-state index in [9.17, 15) is 4.79 Å². The SMILES string of the molecule is O=C(O)CC1Cc2cccc(Br)c2N1. The Labute approximate surface area is 90.3 Å². The largest absolute Gasteiger partial charge is 0.481 e. The van der Waals surface area contributed by atoms with E-state index >= 15 is 0 Å². The maximum absolute atomic E-state index is 10.5. The number of hydrogen-bond donors (Lipinski definition) is 2. The highest BCUT2D eigenvalue weighted by atomic mass is 79.9. The average Bonchev–Trinajstić information content (AvgIpc) is 2.47. The van der Waals surface area contributed by atoms with Gasteiger partial charge in [0.2, 0.25) is 0 Å². The van der Waals surface area contributed by atoms with Gasteiger partial charge in [-0.3, -0.25) is 4.79 Å². The van der Waals surface area contributed by atoms with Crippen LogP contribution in [0.5, 0.6) is 0 Å². The second-order valence-corrected chi connectivity index (χ2v) is 4.27. The van der Waals surface area contributed by atoms with Gasteiger partial charge < -0.3 is 10.4 Å². The summed E-state index contributed by atoms with van der Waals surface area (Å²) in [7, 11) is 0. The molecule has 0 saturated heterocycles. The fourth-order valence-electron chi connectivity index (χ4n) is 1.76. The molecular formula is C10H10BrNO2. The standard InChI is InChI=1S/C10H10BrNO2/c11-8-3-1-2-6-4-7(5-9(13)14)12-10(6)8/h1-3,7,12H,4-5H2,(H,13,14). The Morgan fingerprint density at radius 2 is 2.43 bits per heavy atom. The van der Waals surface area contributed by atoms with E-state index in [0.717, 1.165) is 16.6 Å². The molecule has 4 heteroatoms. The lowest BCUT2D eigenvalue weighted by atomic mass is 10.1. The number of carboxylic acid groups (broad SMARTS) is 1. The minimum absolute atomic E-state index is 0.0289. The Morgan fingerprint density at radius 1 is 1.64 bits per heavy atom. The third kappa shape index (κ3) is 1.75. The van der Waals surface area contributed by atoms with Gasteiger partial charge in [-0.05, 0) is 34.0 Å². The van der Waals surface area contributed by atoms with Gasteiger partial charge in [-0.2, -0.15) is 0 Å². The second-order valence-electron chi connectivity index (χ2n) is 3.42. The first-order chi connectivity index (χ1) is 6.66. The Morgan fingerprint density at radius 3 is 3.07 bits per heavy atom. The number of hydrogen-bond acceptors (Lipinski definition) is 2. The maximum atomic E-state index is 10.5. The van der Waals surface area contributed by atoms with Crippen molar-refractivity contribution in [2.24, 2.45) is 0 Å². The number of benzene rings is 1. The Balaban J connectivity index is 2.18. The molecule has 1 aliphatic rings. The van der Waals surface area contributed by atoms with Crippen LogP contribution in [0.3, 0.4) is 0 Å². The van der Waals surface area contributed by atoms with Crippen molar-refractivity contribution >= 4 is 27.6 Å². The summed E-state index contributed by atoms with van der Waals surface area (Å²) in [6, 6.07) is 5.97. The molecule has 1 aliphatic heterocycles. The van der Waals surface area contributed by atoms with Gasteiger partial charge in [-0.25, -0.2) is 0 Å². The van der Waals surface area contributed by atoms with E-state index in [1.165, 1.54) is 5.56 Å². The van der Waals surface area contributed by atoms with Crippen molar-refractivity contribution in [3.63, 3.8) is 0 Å². The zero-order chi connectivity index (χ0) is 10.1. The summed E-state index contributed by atoms with van der Waals surface area (Å²) in [6.45, 7) is 0. The first kappa shape index (κ1) is 9.52. The number of carboxylic acids is 1. The third-order valence-corrected chi connectivity index (χ3v) is 3.00. The summed E-state index contributed by atoms with van der Waals surface area (Å²) in [5.41, 5.74) is 2.23. The van der Waals surface area contributed by atoms with E-state index in [1.807, 2.05) is 18.2 Å². The number of fused-ring (bicyclic) bond motifs is 1. The van der Waals surface area contributed by atoms with Gasteiger partial charge in [0, 0.05) is 10.5 Å². The van der Waals surface area contributed by atoms with Crippen LogP contribution in [0.2, 0.25) is 0 Å². The first-order valence-corrected chi connectivity index (χ1v) is 5.22. The molecule has 0 spiro atoms. The molecule has 2 rings (SSSR count). The van der Waals surface area contributed by atoms with Crippen LogP contribution in [0.15, 0.2) is 22.7 Å². The maximum Gasteiger partial charge on any atom is 0.305 e. The molecule has 2 N–H and O–H groups in total. The Hall–Kier alpha value is -1.03. The average molecular weight is 256 g/mol. The van der Waals surface area contributed by atoms with Crippen molar-refractivity contribution in [2.75, 3.05) is 5.32 Å². The number of carbonyl (C=O) groups is 1. The van der Waals surface area contributed by atoms with Crippen LogP contribution < -0.4 is 5.32 Å². The Bertz CT molecular complexity index is 378. The summed E-state index contributed by atoms with van der Waals surface area (Å²) in [6.07, 6.45) is 0.961. The molecule has 14 heavy (non-hydrogen) atoms. The second kappa shape index (κ2) is 3.61. The van der Waals surface area contributed by atoms with Gasteiger partial charge in [-0.15, -0.1) is 0 Å². The first-order valence-electron chi connectivity index (χ1n) is 4.42. The molecule has 0 bridgehead atoms. The van der Waals surface area contributed by atoms with Crippen molar-refractivity contribution in [3.05, 3.63) is 28.2 Å². The molecule has 1 unspecified atom stereocenters. The van der Waals surface area contributed by atoms with Crippen LogP contribution in [0.4, 0.5) is 5.69 Å². The molecule has 0 aromatic heterocycles. The summed E-state index contributed by atoms with van der Waals surface area (Å²) < 4.78 is 1.00. The van der Waals surface area contributed by atoms with Crippen LogP contribution in [0.25, 0.3) is 0 Å². The smallest absolute Gasteiger partial charge is 0.305 e. The number of nitrogens with one attached hydrogen (secondary N) is 1. The monoisotopic (exact) mass is 255 g/mol. The van der Waals surface area contributed by atoms with Gasteiger partial charge >= 0.3 is 5.97 Å². The van der Waals surface area contributed by atoms with E-state index in [-0.39, 0.29) is 12.5 Å².